The Bertz CT molecular complexity index is 313. The Kier molecular flexibility index (Phi) is 2.36. The highest BCUT2D eigenvalue weighted by molar-refractivity contribution is 5.53. The highest BCUT2D eigenvalue weighted by atomic mass is 19.4. The van der Waals surface area contributed by atoms with Crippen LogP contribution < -0.4 is 0 Å². The van der Waals surface area contributed by atoms with Gasteiger partial charge in [-0.3, -0.25) is 0 Å². The zero-order valence-corrected chi connectivity index (χ0v) is 6.89. The van der Waals surface area contributed by atoms with Crippen molar-refractivity contribution in [1.29, 1.82) is 0 Å². The van der Waals surface area contributed by atoms with E-state index in [9.17, 15) is 13.2 Å². The number of nitrogens with zero attached hydrogens (tertiary/aromatic N) is 2. The molecule has 13 heavy (non-hydrogen) atoms. The van der Waals surface area contributed by atoms with E-state index in [0.717, 1.165) is 12.4 Å². The first-order valence-corrected chi connectivity index (χ1v) is 3.46. The van der Waals surface area contributed by atoms with Gasteiger partial charge in [0.2, 0.25) is 0 Å². The first-order chi connectivity index (χ1) is 5.91. The van der Waals surface area contributed by atoms with Gasteiger partial charge in [-0.2, -0.15) is 13.2 Å². The molecule has 1 aromatic heterocycles. The quantitative estimate of drug-likeness (QED) is 0.676. The SMILES string of the molecule is C=C(C)c1ncc(C(F)(F)F)cn1. The largest absolute Gasteiger partial charge is 0.419 e. The lowest BCUT2D eigenvalue weighted by molar-refractivity contribution is -0.138. The molecule has 5 heteroatoms. The van der Waals surface area contributed by atoms with Crippen LogP contribution >= 0.6 is 0 Å². The monoisotopic (exact) mass is 188 g/mol. The van der Waals surface area contributed by atoms with Crippen molar-refractivity contribution < 1.29 is 13.2 Å². The van der Waals surface area contributed by atoms with Crippen LogP contribution in [0.15, 0.2) is 19.0 Å². The van der Waals surface area contributed by atoms with Crippen LogP contribution in [0.25, 0.3) is 5.57 Å². The molecule has 0 saturated carbocycles. The molecule has 1 rings (SSSR count). The van der Waals surface area contributed by atoms with Gasteiger partial charge in [-0.1, -0.05) is 6.58 Å². The zero-order chi connectivity index (χ0) is 10.1. The summed E-state index contributed by atoms with van der Waals surface area (Å²) in [5.41, 5.74) is -0.314. The number of hydrogen-bond donors (Lipinski definition) is 0. The van der Waals surface area contributed by atoms with Crippen molar-refractivity contribution in [2.45, 2.75) is 13.1 Å². The molecule has 1 heterocycles. The normalized spacial score (nSPS) is 11.4. The molecule has 0 radical (unpaired) electrons. The summed E-state index contributed by atoms with van der Waals surface area (Å²) in [4.78, 5) is 7.03. The molecule has 0 amide bonds. The fourth-order valence-corrected chi connectivity index (χ4v) is 0.695. The second kappa shape index (κ2) is 3.16. The molecule has 70 valence electrons. The van der Waals surface area contributed by atoms with Gasteiger partial charge < -0.3 is 0 Å². The maximum atomic E-state index is 12.0. The van der Waals surface area contributed by atoms with Crippen molar-refractivity contribution in [2.24, 2.45) is 0 Å². The van der Waals surface area contributed by atoms with E-state index in [2.05, 4.69) is 16.5 Å². The van der Waals surface area contributed by atoms with Crippen molar-refractivity contribution >= 4 is 5.57 Å². The van der Waals surface area contributed by atoms with Crippen LogP contribution in [0.1, 0.15) is 18.3 Å². The predicted molar refractivity (Wildman–Crippen MR) is 41.7 cm³/mol. The second-order valence-corrected chi connectivity index (χ2v) is 2.57. The van der Waals surface area contributed by atoms with Crippen LogP contribution in [0.4, 0.5) is 13.2 Å². The summed E-state index contributed by atoms with van der Waals surface area (Å²) >= 11 is 0. The maximum absolute atomic E-state index is 12.0. The Morgan fingerprint density at radius 2 is 1.77 bits per heavy atom. The molecule has 0 aromatic carbocycles. The smallest absolute Gasteiger partial charge is 0.236 e. The minimum atomic E-state index is -4.38. The average Bonchev–Trinajstić information content (AvgIpc) is 2.03. The van der Waals surface area contributed by atoms with Gasteiger partial charge in [0.05, 0.1) is 5.56 Å². The molecule has 0 aliphatic carbocycles. The van der Waals surface area contributed by atoms with Crippen molar-refractivity contribution in [3.8, 4) is 0 Å². The average molecular weight is 188 g/mol. The molecular formula is C8H7F3N2. The zero-order valence-electron chi connectivity index (χ0n) is 6.89. The Balaban J connectivity index is 3.01. The van der Waals surface area contributed by atoms with Crippen LogP contribution in [-0.4, -0.2) is 9.97 Å². The summed E-state index contributed by atoms with van der Waals surface area (Å²) in [5, 5.41) is 0. The van der Waals surface area contributed by atoms with Crippen LogP contribution in [0.3, 0.4) is 0 Å². The third kappa shape index (κ3) is 2.27. The van der Waals surface area contributed by atoms with Crippen molar-refractivity contribution in [3.63, 3.8) is 0 Å². The third-order valence-corrected chi connectivity index (χ3v) is 1.36. The summed E-state index contributed by atoms with van der Waals surface area (Å²) in [7, 11) is 0. The minimum absolute atomic E-state index is 0.230. The second-order valence-electron chi connectivity index (χ2n) is 2.57. The molecule has 0 N–H and O–H groups in total. The number of aromatic nitrogens is 2. The van der Waals surface area contributed by atoms with E-state index in [4.69, 9.17) is 0 Å². The highest BCUT2D eigenvalue weighted by Gasteiger charge is 2.31. The molecule has 0 spiro atoms. The van der Waals surface area contributed by atoms with Crippen LogP contribution in [0, 0.1) is 0 Å². The van der Waals surface area contributed by atoms with E-state index < -0.39 is 11.7 Å². The van der Waals surface area contributed by atoms with Crippen molar-refractivity contribution in [3.05, 3.63) is 30.4 Å². The first kappa shape index (κ1) is 9.70. The number of allylic oxidation sites excluding steroid dienone is 1. The van der Waals surface area contributed by atoms with E-state index in [0.29, 0.717) is 5.57 Å². The molecule has 2 nitrogen and oxygen atoms in total. The topological polar surface area (TPSA) is 25.8 Å². The van der Waals surface area contributed by atoms with Gasteiger partial charge in [-0.25, -0.2) is 9.97 Å². The molecule has 0 bridgehead atoms. The lowest BCUT2D eigenvalue weighted by atomic mass is 10.3. The van der Waals surface area contributed by atoms with Gasteiger partial charge in [0, 0.05) is 12.4 Å². The summed E-state index contributed by atoms with van der Waals surface area (Å²) in [5.74, 6) is 0.230. The fourth-order valence-electron chi connectivity index (χ4n) is 0.695. The Labute approximate surface area is 73.1 Å². The molecule has 0 aliphatic rings. The molecule has 0 saturated heterocycles. The van der Waals surface area contributed by atoms with Crippen LogP contribution in [-0.2, 0) is 6.18 Å². The third-order valence-electron chi connectivity index (χ3n) is 1.36. The molecule has 0 unspecified atom stereocenters. The summed E-state index contributed by atoms with van der Waals surface area (Å²) in [6.07, 6.45) is -2.89. The standard InChI is InChI=1S/C8H7F3N2/c1-5(2)7-12-3-6(4-13-7)8(9,10)11/h3-4H,1H2,2H3. The van der Waals surface area contributed by atoms with E-state index in [-0.39, 0.29) is 5.82 Å². The van der Waals surface area contributed by atoms with Gasteiger partial charge in [0.1, 0.15) is 0 Å². The Hall–Kier alpha value is -1.39. The predicted octanol–water partition coefficient (Wildman–Crippen LogP) is 2.53. The van der Waals surface area contributed by atoms with Gasteiger partial charge in [-0.15, -0.1) is 0 Å². The molecule has 0 fully saturated rings. The lowest BCUT2D eigenvalue weighted by Gasteiger charge is -2.05. The van der Waals surface area contributed by atoms with Crippen LogP contribution in [0.5, 0.6) is 0 Å². The number of alkyl halides is 3. The minimum Gasteiger partial charge on any atom is -0.236 e. The van der Waals surface area contributed by atoms with Crippen molar-refractivity contribution in [2.75, 3.05) is 0 Å². The van der Waals surface area contributed by atoms with E-state index in [1.807, 2.05) is 0 Å². The van der Waals surface area contributed by atoms with Gasteiger partial charge >= 0.3 is 6.18 Å². The van der Waals surface area contributed by atoms with Gasteiger partial charge in [0.25, 0.3) is 0 Å². The van der Waals surface area contributed by atoms with Gasteiger partial charge in [0.15, 0.2) is 5.82 Å². The molecular weight excluding hydrogens is 181 g/mol. The van der Waals surface area contributed by atoms with E-state index in [1.165, 1.54) is 0 Å². The van der Waals surface area contributed by atoms with Crippen molar-refractivity contribution in [1.82, 2.24) is 9.97 Å². The number of rotatable bonds is 1. The lowest BCUT2D eigenvalue weighted by Crippen LogP contribution is -2.07. The maximum Gasteiger partial charge on any atom is 0.419 e. The molecule has 0 aliphatic heterocycles. The summed E-state index contributed by atoms with van der Waals surface area (Å²) < 4.78 is 36.1. The Morgan fingerprint density at radius 1 is 1.31 bits per heavy atom. The van der Waals surface area contributed by atoms with E-state index in [1.54, 1.807) is 6.92 Å². The van der Waals surface area contributed by atoms with Crippen LogP contribution in [0.2, 0.25) is 0 Å². The first-order valence-electron chi connectivity index (χ1n) is 3.46. The number of hydrogen-bond acceptors (Lipinski definition) is 2. The highest BCUT2D eigenvalue weighted by Crippen LogP contribution is 2.27. The summed E-state index contributed by atoms with van der Waals surface area (Å²) in [6.45, 7) is 5.14. The Morgan fingerprint density at radius 3 is 2.08 bits per heavy atom. The summed E-state index contributed by atoms with van der Waals surface area (Å²) in [6, 6.07) is 0. The van der Waals surface area contributed by atoms with Gasteiger partial charge in [-0.05, 0) is 12.5 Å². The number of halogens is 3. The fraction of sp³-hybridized carbons (Fsp3) is 0.250. The molecule has 0 atom stereocenters. The van der Waals surface area contributed by atoms with E-state index >= 15 is 0 Å². The molecule has 1 aromatic rings.